The summed E-state index contributed by atoms with van der Waals surface area (Å²) in [5.41, 5.74) is 1.19. The lowest BCUT2D eigenvalue weighted by atomic mass is 10.1. The second-order valence-corrected chi connectivity index (χ2v) is 4.09. The van der Waals surface area contributed by atoms with Crippen LogP contribution in [0.15, 0.2) is 54.6 Å². The Morgan fingerprint density at radius 1 is 1.11 bits per heavy atom. The molecule has 0 fully saturated rings. The van der Waals surface area contributed by atoms with Crippen LogP contribution in [0.2, 0.25) is 0 Å². The molecule has 1 atom stereocenters. The molecule has 2 rings (SSSR count). The predicted octanol–water partition coefficient (Wildman–Crippen LogP) is 3.35. The average Bonchev–Trinajstić information content (AvgIpc) is 2.40. The zero-order valence-electron chi connectivity index (χ0n) is 10.5. The molecule has 0 aromatic heterocycles. The molecule has 1 amide bonds. The molecule has 0 heterocycles. The van der Waals surface area contributed by atoms with Crippen molar-refractivity contribution in [1.29, 1.82) is 0 Å². The van der Waals surface area contributed by atoms with Gasteiger partial charge in [-0.05, 0) is 25.1 Å². The maximum Gasteiger partial charge on any atom is 0.417 e. The molecule has 1 unspecified atom stereocenters. The van der Waals surface area contributed by atoms with E-state index in [0.717, 1.165) is 0 Å². The number of aliphatic hydroxyl groups is 1. The Morgan fingerprint density at radius 2 is 1.74 bits per heavy atom. The van der Waals surface area contributed by atoms with Crippen LogP contribution in [0.25, 0.3) is 0 Å². The maximum absolute atomic E-state index is 11.7. The first-order valence-corrected chi connectivity index (χ1v) is 5.97. The minimum atomic E-state index is -0.659. The van der Waals surface area contributed by atoms with Crippen LogP contribution >= 0.6 is 0 Å². The smallest absolute Gasteiger partial charge is 0.410 e. The molecule has 4 heteroatoms. The van der Waals surface area contributed by atoms with Gasteiger partial charge < -0.3 is 9.84 Å². The summed E-state index contributed by atoms with van der Waals surface area (Å²) in [5.74, 6) is 0.467. The second-order valence-electron chi connectivity index (χ2n) is 4.09. The molecule has 0 aliphatic heterocycles. The molecule has 4 nitrogen and oxygen atoms in total. The number of carbonyl (C=O) groups excluding carboxylic acids is 1. The Hall–Kier alpha value is -2.33. The van der Waals surface area contributed by atoms with Crippen LogP contribution in [0.3, 0.4) is 0 Å². The summed E-state index contributed by atoms with van der Waals surface area (Å²) in [5, 5.41) is 12.2. The van der Waals surface area contributed by atoms with Crippen molar-refractivity contribution in [2.24, 2.45) is 0 Å². The van der Waals surface area contributed by atoms with E-state index in [-0.39, 0.29) is 0 Å². The minimum Gasteiger partial charge on any atom is -0.410 e. The van der Waals surface area contributed by atoms with Gasteiger partial charge in [0.15, 0.2) is 0 Å². The summed E-state index contributed by atoms with van der Waals surface area (Å²) in [6.07, 6.45) is -1.24. The summed E-state index contributed by atoms with van der Waals surface area (Å²) in [4.78, 5) is 11.7. The molecule has 98 valence electrons. The largest absolute Gasteiger partial charge is 0.417 e. The number of amides is 1. The van der Waals surface area contributed by atoms with E-state index >= 15 is 0 Å². The van der Waals surface area contributed by atoms with E-state index in [1.165, 1.54) is 0 Å². The number of para-hydroxylation sites is 2. The van der Waals surface area contributed by atoms with Crippen molar-refractivity contribution in [3.05, 3.63) is 60.2 Å². The number of carbonyl (C=O) groups is 1. The molecule has 2 aromatic carbocycles. The summed E-state index contributed by atoms with van der Waals surface area (Å²) in [6.45, 7) is 1.64. The lowest BCUT2D eigenvalue weighted by Crippen LogP contribution is -2.18. The molecular weight excluding hydrogens is 242 g/mol. The van der Waals surface area contributed by atoms with Crippen LogP contribution in [-0.2, 0) is 0 Å². The van der Waals surface area contributed by atoms with Gasteiger partial charge in [-0.1, -0.05) is 36.4 Å². The number of benzene rings is 2. The van der Waals surface area contributed by atoms with Gasteiger partial charge in [0, 0.05) is 11.3 Å². The number of anilines is 1. The standard InChI is InChI=1S/C15H15NO3/c1-11(17)13-9-5-6-10-14(13)16-15(18)19-12-7-3-2-4-8-12/h2-11,17H,1H3,(H,16,18). The fourth-order valence-corrected chi connectivity index (χ4v) is 1.71. The molecule has 19 heavy (non-hydrogen) atoms. The highest BCUT2D eigenvalue weighted by Crippen LogP contribution is 2.22. The Bertz CT molecular complexity index is 552. The first kappa shape index (κ1) is 13.1. The second kappa shape index (κ2) is 6.02. The SMILES string of the molecule is CC(O)c1ccccc1NC(=O)Oc1ccccc1. The number of ether oxygens (including phenoxy) is 1. The third kappa shape index (κ3) is 3.56. The molecule has 0 aliphatic rings. The molecule has 0 saturated carbocycles. The average molecular weight is 257 g/mol. The van der Waals surface area contributed by atoms with Gasteiger partial charge in [-0.2, -0.15) is 0 Å². The minimum absolute atomic E-state index is 0.467. The lowest BCUT2D eigenvalue weighted by molar-refractivity contribution is 0.199. The lowest BCUT2D eigenvalue weighted by Gasteiger charge is -2.12. The maximum atomic E-state index is 11.7. The van der Waals surface area contributed by atoms with Crippen molar-refractivity contribution in [1.82, 2.24) is 0 Å². The number of rotatable bonds is 3. The van der Waals surface area contributed by atoms with Crippen molar-refractivity contribution in [2.45, 2.75) is 13.0 Å². The molecule has 0 spiro atoms. The van der Waals surface area contributed by atoms with Gasteiger partial charge in [0.05, 0.1) is 6.10 Å². The normalized spacial score (nSPS) is 11.7. The molecule has 0 saturated heterocycles. The van der Waals surface area contributed by atoms with Gasteiger partial charge in [0.2, 0.25) is 0 Å². The van der Waals surface area contributed by atoms with E-state index in [4.69, 9.17) is 4.74 Å². The van der Waals surface area contributed by atoms with Crippen LogP contribution in [0, 0.1) is 0 Å². The molecule has 0 bridgehead atoms. The number of hydrogen-bond acceptors (Lipinski definition) is 3. The monoisotopic (exact) mass is 257 g/mol. The fourth-order valence-electron chi connectivity index (χ4n) is 1.71. The zero-order chi connectivity index (χ0) is 13.7. The number of aliphatic hydroxyl groups excluding tert-OH is 1. The van der Waals surface area contributed by atoms with Crippen LogP contribution in [-0.4, -0.2) is 11.2 Å². The predicted molar refractivity (Wildman–Crippen MR) is 73.2 cm³/mol. The number of nitrogens with one attached hydrogen (secondary N) is 1. The third-order valence-electron chi connectivity index (χ3n) is 2.60. The van der Waals surface area contributed by atoms with E-state index in [0.29, 0.717) is 17.0 Å². The Kier molecular flexibility index (Phi) is 4.15. The Labute approximate surface area is 111 Å². The van der Waals surface area contributed by atoms with Gasteiger partial charge in [-0.15, -0.1) is 0 Å². The zero-order valence-corrected chi connectivity index (χ0v) is 10.5. The van der Waals surface area contributed by atoms with Gasteiger partial charge in [-0.25, -0.2) is 4.79 Å². The summed E-state index contributed by atoms with van der Waals surface area (Å²) in [7, 11) is 0. The van der Waals surface area contributed by atoms with Gasteiger partial charge in [-0.3, -0.25) is 5.32 Å². The first-order chi connectivity index (χ1) is 9.16. The van der Waals surface area contributed by atoms with Crippen molar-refractivity contribution in [2.75, 3.05) is 5.32 Å². The van der Waals surface area contributed by atoms with Crippen LogP contribution in [0.4, 0.5) is 10.5 Å². The van der Waals surface area contributed by atoms with Crippen LogP contribution < -0.4 is 10.1 Å². The molecule has 2 aromatic rings. The quantitative estimate of drug-likeness (QED) is 0.886. The highest BCUT2D eigenvalue weighted by Gasteiger charge is 2.11. The van der Waals surface area contributed by atoms with Crippen molar-refractivity contribution >= 4 is 11.8 Å². The summed E-state index contributed by atoms with van der Waals surface area (Å²) in [6, 6.07) is 15.9. The first-order valence-electron chi connectivity index (χ1n) is 5.97. The summed E-state index contributed by atoms with van der Waals surface area (Å²) < 4.78 is 5.12. The van der Waals surface area contributed by atoms with E-state index in [2.05, 4.69) is 5.32 Å². The highest BCUT2D eigenvalue weighted by molar-refractivity contribution is 5.87. The number of hydrogen-bond donors (Lipinski definition) is 2. The topological polar surface area (TPSA) is 58.6 Å². The van der Waals surface area contributed by atoms with Crippen molar-refractivity contribution in [3.63, 3.8) is 0 Å². The highest BCUT2D eigenvalue weighted by atomic mass is 16.6. The van der Waals surface area contributed by atoms with E-state index in [1.54, 1.807) is 55.5 Å². The van der Waals surface area contributed by atoms with Gasteiger partial charge >= 0.3 is 6.09 Å². The van der Waals surface area contributed by atoms with E-state index < -0.39 is 12.2 Å². The van der Waals surface area contributed by atoms with Crippen LogP contribution in [0.5, 0.6) is 5.75 Å². The third-order valence-corrected chi connectivity index (χ3v) is 2.60. The van der Waals surface area contributed by atoms with E-state index in [1.807, 2.05) is 6.07 Å². The van der Waals surface area contributed by atoms with Gasteiger partial charge in [0.1, 0.15) is 5.75 Å². The van der Waals surface area contributed by atoms with Crippen molar-refractivity contribution < 1.29 is 14.6 Å². The summed E-state index contributed by atoms with van der Waals surface area (Å²) >= 11 is 0. The Morgan fingerprint density at radius 3 is 2.42 bits per heavy atom. The van der Waals surface area contributed by atoms with Crippen molar-refractivity contribution in [3.8, 4) is 5.75 Å². The molecule has 0 radical (unpaired) electrons. The fraction of sp³-hybridized carbons (Fsp3) is 0.133. The van der Waals surface area contributed by atoms with Gasteiger partial charge in [0.25, 0.3) is 0 Å². The Balaban J connectivity index is 2.07. The molecule has 2 N–H and O–H groups in total. The molecular formula is C15H15NO3. The van der Waals surface area contributed by atoms with E-state index in [9.17, 15) is 9.90 Å². The molecule has 0 aliphatic carbocycles. The van der Waals surface area contributed by atoms with Crippen LogP contribution in [0.1, 0.15) is 18.6 Å².